The number of hydrogen-bond donors (Lipinski definition) is 1. The molecule has 0 aromatic heterocycles. The molecule has 4 rings (SSSR count). The highest BCUT2D eigenvalue weighted by molar-refractivity contribution is 5.25. The lowest BCUT2D eigenvalue weighted by molar-refractivity contribution is -0.0574. The lowest BCUT2D eigenvalue weighted by atomic mass is 9.47. The van der Waals surface area contributed by atoms with E-state index in [2.05, 4.69) is 53.7 Å². The predicted molar refractivity (Wildman–Crippen MR) is 133 cm³/mol. The first-order chi connectivity index (χ1) is 14.7. The number of hydrogen-bond acceptors (Lipinski definition) is 1. The normalized spacial score (nSPS) is 44.7. The van der Waals surface area contributed by atoms with Crippen molar-refractivity contribution in [3.63, 3.8) is 0 Å². The highest BCUT2D eigenvalue weighted by Crippen LogP contribution is 2.67. The van der Waals surface area contributed by atoms with Crippen LogP contribution in [0.1, 0.15) is 112 Å². The third kappa shape index (κ3) is 4.00. The van der Waals surface area contributed by atoms with Gasteiger partial charge in [0.25, 0.3) is 0 Å². The van der Waals surface area contributed by atoms with E-state index in [1.165, 1.54) is 57.8 Å². The summed E-state index contributed by atoms with van der Waals surface area (Å²) in [7, 11) is 0. The summed E-state index contributed by atoms with van der Waals surface area (Å²) in [6.45, 7) is 14.8. The molecule has 0 saturated heterocycles. The van der Waals surface area contributed by atoms with E-state index >= 15 is 0 Å². The summed E-state index contributed by atoms with van der Waals surface area (Å²) in [6, 6.07) is 0. The van der Waals surface area contributed by atoms with E-state index in [0.29, 0.717) is 10.8 Å². The first-order valence-corrected chi connectivity index (χ1v) is 13.7. The smallest absolute Gasteiger partial charge is 0.0577 e. The Hall–Kier alpha value is -0.560. The minimum absolute atomic E-state index is 0.0837. The molecule has 0 aliphatic heterocycles. The second kappa shape index (κ2) is 9.00. The van der Waals surface area contributed by atoms with Crippen molar-refractivity contribution < 1.29 is 5.11 Å². The second-order valence-corrected chi connectivity index (χ2v) is 12.6. The van der Waals surface area contributed by atoms with E-state index in [-0.39, 0.29) is 6.10 Å². The Labute approximate surface area is 193 Å². The van der Waals surface area contributed by atoms with E-state index in [4.69, 9.17) is 0 Å². The van der Waals surface area contributed by atoms with Gasteiger partial charge >= 0.3 is 0 Å². The van der Waals surface area contributed by atoms with Gasteiger partial charge in [-0.1, -0.05) is 51.0 Å². The molecule has 4 aliphatic rings. The third-order valence-corrected chi connectivity index (χ3v) is 11.4. The second-order valence-electron chi connectivity index (χ2n) is 12.6. The summed E-state index contributed by atoms with van der Waals surface area (Å²) in [5.74, 6) is 5.27. The van der Waals surface area contributed by atoms with Gasteiger partial charge in [-0.15, -0.1) is 0 Å². The predicted octanol–water partition coefficient (Wildman–Crippen LogP) is 8.34. The van der Waals surface area contributed by atoms with Gasteiger partial charge in [0.15, 0.2) is 0 Å². The maximum absolute atomic E-state index is 10.3. The molecule has 1 heteroatoms. The van der Waals surface area contributed by atoms with Gasteiger partial charge < -0.3 is 5.11 Å². The summed E-state index contributed by atoms with van der Waals surface area (Å²) < 4.78 is 0. The van der Waals surface area contributed by atoms with Crippen LogP contribution >= 0.6 is 0 Å². The van der Waals surface area contributed by atoms with Gasteiger partial charge in [-0.3, -0.25) is 0 Å². The largest absolute Gasteiger partial charge is 0.393 e. The number of fused-ring (bicyclic) bond motifs is 5. The Morgan fingerprint density at radius 3 is 2.61 bits per heavy atom. The standard InChI is InChI=1S/C30H50O/c1-7-20(3)22(8-2)10-9-21(4)26-13-14-27-25-12-11-23-19-24(31)15-17-29(23,5)28(25)16-18-30(26,27)6/h7,11,21-22,24-28,31H,8-10,12-19H2,1-6H3/b20-7+/t21-,22+,24+,25-,26-,27-,28+,29+,30-/m1/s1. The number of aliphatic hydroxyl groups excluding tert-OH is 1. The molecule has 3 fully saturated rings. The van der Waals surface area contributed by atoms with Crippen LogP contribution < -0.4 is 0 Å². The maximum atomic E-state index is 10.3. The Balaban J connectivity index is 1.47. The molecule has 0 amide bonds. The van der Waals surface area contributed by atoms with Crippen LogP contribution in [0.25, 0.3) is 0 Å². The fourth-order valence-corrected chi connectivity index (χ4v) is 9.27. The molecule has 0 aromatic carbocycles. The zero-order valence-electron chi connectivity index (χ0n) is 21.4. The molecule has 9 atom stereocenters. The van der Waals surface area contributed by atoms with Crippen molar-refractivity contribution in [1.82, 2.24) is 0 Å². The molecule has 31 heavy (non-hydrogen) atoms. The van der Waals surface area contributed by atoms with Gasteiger partial charge in [0, 0.05) is 0 Å². The van der Waals surface area contributed by atoms with Crippen molar-refractivity contribution in [2.75, 3.05) is 0 Å². The van der Waals surface area contributed by atoms with Gasteiger partial charge in [0.1, 0.15) is 0 Å². The molecule has 0 radical (unpaired) electrons. The molecular formula is C30H50O. The molecule has 0 spiro atoms. The lowest BCUT2D eigenvalue weighted by Crippen LogP contribution is -2.50. The number of rotatable bonds is 6. The fraction of sp³-hybridized carbons (Fsp3) is 0.867. The first kappa shape index (κ1) is 23.6. The van der Waals surface area contributed by atoms with Crippen LogP contribution in [-0.2, 0) is 0 Å². The van der Waals surface area contributed by atoms with E-state index in [9.17, 15) is 5.11 Å². The summed E-state index contributed by atoms with van der Waals surface area (Å²) in [5, 5.41) is 10.3. The fourth-order valence-electron chi connectivity index (χ4n) is 9.27. The van der Waals surface area contributed by atoms with E-state index in [1.807, 2.05) is 0 Å². The Kier molecular flexibility index (Phi) is 6.85. The Bertz CT molecular complexity index is 703. The number of allylic oxidation sites excluding steroid dienone is 3. The van der Waals surface area contributed by atoms with Crippen LogP contribution in [0.5, 0.6) is 0 Å². The van der Waals surface area contributed by atoms with E-state index in [1.54, 1.807) is 11.1 Å². The zero-order valence-corrected chi connectivity index (χ0v) is 21.4. The van der Waals surface area contributed by atoms with Gasteiger partial charge in [0.2, 0.25) is 0 Å². The van der Waals surface area contributed by atoms with E-state index < -0.39 is 0 Å². The maximum Gasteiger partial charge on any atom is 0.0577 e. The molecule has 176 valence electrons. The molecular weight excluding hydrogens is 376 g/mol. The molecule has 3 saturated carbocycles. The van der Waals surface area contributed by atoms with Crippen LogP contribution in [0.3, 0.4) is 0 Å². The SMILES string of the molecule is C/C=C(\C)[C@@H](CC)CC[C@@H](C)[C@H]1CC[C@@H]2[C@H]3CC=C4C[C@@H](O)CC[C@]4(C)[C@H]3CC[C@@]21C. The average molecular weight is 427 g/mol. The van der Waals surface area contributed by atoms with Gasteiger partial charge in [0.05, 0.1) is 6.10 Å². The van der Waals surface area contributed by atoms with Crippen molar-refractivity contribution in [2.45, 2.75) is 118 Å². The van der Waals surface area contributed by atoms with Crippen molar-refractivity contribution in [1.29, 1.82) is 0 Å². The molecule has 0 unspecified atom stereocenters. The minimum Gasteiger partial charge on any atom is -0.393 e. The summed E-state index contributed by atoms with van der Waals surface area (Å²) in [5.41, 5.74) is 4.16. The number of aliphatic hydroxyl groups is 1. The van der Waals surface area contributed by atoms with E-state index in [0.717, 1.165) is 48.3 Å². The van der Waals surface area contributed by atoms with Crippen molar-refractivity contribution in [3.8, 4) is 0 Å². The molecule has 0 aromatic rings. The quantitative estimate of drug-likeness (QED) is 0.423. The van der Waals surface area contributed by atoms with Crippen LogP contribution in [0.15, 0.2) is 23.3 Å². The van der Waals surface area contributed by atoms with Crippen LogP contribution in [-0.4, -0.2) is 11.2 Å². The molecule has 0 heterocycles. The van der Waals surface area contributed by atoms with Crippen LogP contribution in [0.4, 0.5) is 0 Å². The van der Waals surface area contributed by atoms with Crippen molar-refractivity contribution in [3.05, 3.63) is 23.3 Å². The summed E-state index contributed by atoms with van der Waals surface area (Å²) in [4.78, 5) is 0. The minimum atomic E-state index is -0.0837. The van der Waals surface area contributed by atoms with Crippen LogP contribution in [0, 0.1) is 46.3 Å². The molecule has 0 bridgehead atoms. The average Bonchev–Trinajstić information content (AvgIpc) is 3.11. The molecule has 4 aliphatic carbocycles. The third-order valence-electron chi connectivity index (χ3n) is 11.4. The van der Waals surface area contributed by atoms with Gasteiger partial charge in [-0.25, -0.2) is 0 Å². The Morgan fingerprint density at radius 1 is 1.13 bits per heavy atom. The van der Waals surface area contributed by atoms with Crippen molar-refractivity contribution in [2.24, 2.45) is 46.3 Å². The monoisotopic (exact) mass is 426 g/mol. The highest BCUT2D eigenvalue weighted by atomic mass is 16.3. The first-order valence-electron chi connectivity index (χ1n) is 13.7. The lowest BCUT2D eigenvalue weighted by Gasteiger charge is -2.58. The Morgan fingerprint density at radius 2 is 1.90 bits per heavy atom. The molecule has 1 nitrogen and oxygen atoms in total. The topological polar surface area (TPSA) is 20.2 Å². The molecule has 1 N–H and O–H groups in total. The summed E-state index contributed by atoms with van der Waals surface area (Å²) >= 11 is 0. The van der Waals surface area contributed by atoms with Gasteiger partial charge in [-0.05, 0) is 131 Å². The van der Waals surface area contributed by atoms with Crippen molar-refractivity contribution >= 4 is 0 Å². The highest BCUT2D eigenvalue weighted by Gasteiger charge is 2.59. The summed E-state index contributed by atoms with van der Waals surface area (Å²) in [6.07, 6.45) is 19.2. The zero-order chi connectivity index (χ0) is 22.4. The van der Waals surface area contributed by atoms with Crippen LogP contribution in [0.2, 0.25) is 0 Å². The van der Waals surface area contributed by atoms with Gasteiger partial charge in [-0.2, -0.15) is 0 Å².